The number of hydrogen-bond acceptors (Lipinski definition) is 7. The quantitative estimate of drug-likeness (QED) is 0.128. The van der Waals surface area contributed by atoms with E-state index in [2.05, 4.69) is 206 Å². The van der Waals surface area contributed by atoms with Crippen LogP contribution >= 0.6 is 0 Å². The second-order valence-electron chi connectivity index (χ2n) is 18.1. The van der Waals surface area contributed by atoms with E-state index in [0.717, 1.165) is 16.3 Å². The standard InChI is InChI=1S/C10H8N2.4C10H11N.C9H10N2O2S.6C2H6.HNO2S.O2S/c1-11-9-3-4-10-8(7-9)5-6-12(10)2;4*1-8-3-4-10-9(7-8)5-6-11(10)2;1-11-5-4-7-6-8(10-14(12)13)2-3-9(7)11;6*1-2;1-4(2)3;1-3-2/h3-7H,2H3;4*3-7H,1-2H3;2-6,10H,1H3,(H,12,13);6*1-2H3;1H;/p-1. The highest BCUT2D eigenvalue weighted by molar-refractivity contribution is 7.80. The lowest BCUT2D eigenvalue weighted by molar-refractivity contribution is 0.542. The molecule has 0 fully saturated rings. The lowest BCUT2D eigenvalue weighted by Gasteiger charge is -2.08. The van der Waals surface area contributed by atoms with Gasteiger partial charge in [-0.2, -0.15) is 21.6 Å². The van der Waals surface area contributed by atoms with Gasteiger partial charge in [0.25, 0.3) is 0 Å². The number of anilines is 1. The SMILES string of the molecule is CC.CC.CC.CC.CC.CC.Cc1ccc2c(ccn2C)c1.Cc1ccc2c(ccn2C)c1.Cc1ccc2c(ccn2C)c1.Cc1ccc2c(ccn2C)c1.Cn1ccc2cc(NS(=O)[O-])ccc21.N=S(=O)=O.O=S=O.[C-]#[N+]c1ccc2c(ccn2C)c1. The Hall–Kier alpha value is -8.60. The van der Waals surface area contributed by atoms with Crippen molar-refractivity contribution < 1.29 is 25.6 Å². The van der Waals surface area contributed by atoms with Crippen LogP contribution in [0.3, 0.4) is 0 Å². The van der Waals surface area contributed by atoms with Crippen molar-refractivity contribution in [3.8, 4) is 0 Å². The zero-order chi connectivity index (χ0) is 68.3. The number of aromatic nitrogens is 6. The minimum atomic E-state index is -2.61. The predicted octanol–water partition coefficient (Wildman–Crippen LogP) is 19.2. The van der Waals surface area contributed by atoms with Crippen molar-refractivity contribution in [2.75, 3.05) is 4.72 Å². The van der Waals surface area contributed by atoms with Gasteiger partial charge in [0, 0.05) is 135 Å². The van der Waals surface area contributed by atoms with Gasteiger partial charge in [-0.15, -0.1) is 0 Å². The van der Waals surface area contributed by atoms with E-state index in [1.807, 2.05) is 155 Å². The summed E-state index contributed by atoms with van der Waals surface area (Å²) in [5.41, 5.74) is 14.0. The molecule has 0 saturated carbocycles. The molecule has 6 aromatic carbocycles. The molecule has 12 aromatic rings. The van der Waals surface area contributed by atoms with Gasteiger partial charge in [-0.25, -0.2) is 4.85 Å². The first kappa shape index (κ1) is 82.5. The fourth-order valence-electron chi connectivity index (χ4n) is 8.38. The number of fused-ring (bicyclic) bond motifs is 6. The molecule has 0 amide bonds. The summed E-state index contributed by atoms with van der Waals surface area (Å²) >= 11 is -3.01. The van der Waals surface area contributed by atoms with Crippen LogP contribution in [0.5, 0.6) is 0 Å². The van der Waals surface area contributed by atoms with Crippen molar-refractivity contribution >= 4 is 110 Å². The highest BCUT2D eigenvalue weighted by Crippen LogP contribution is 2.23. The zero-order valence-electron chi connectivity index (χ0n) is 56.6. The van der Waals surface area contributed by atoms with Gasteiger partial charge < -0.3 is 36.7 Å². The highest BCUT2D eigenvalue weighted by Gasteiger charge is 2.01. The van der Waals surface area contributed by atoms with Gasteiger partial charge in [0.15, 0.2) is 5.69 Å². The lowest BCUT2D eigenvalue weighted by atomic mass is 10.2. The number of nitrogens with one attached hydrogen (secondary N) is 2. The Bertz CT molecular complexity index is 3840. The molecule has 0 aliphatic rings. The van der Waals surface area contributed by atoms with Crippen LogP contribution in [0, 0.1) is 39.0 Å². The summed E-state index contributed by atoms with van der Waals surface area (Å²) in [4.78, 5) is 3.37. The Kier molecular flexibility index (Phi) is 43.1. The number of rotatable bonds is 2. The molecule has 6 aromatic heterocycles. The summed E-state index contributed by atoms with van der Waals surface area (Å²) in [6, 6.07) is 49.7. The monoisotopic (exact) mass is 1270 g/mol. The maximum Gasteiger partial charge on any atom is 0.335 e. The summed E-state index contributed by atoms with van der Waals surface area (Å²) in [5.74, 6) is 0. The molecule has 15 nitrogen and oxygen atoms in total. The summed E-state index contributed by atoms with van der Waals surface area (Å²) in [6.45, 7) is 39.3. The van der Waals surface area contributed by atoms with Gasteiger partial charge in [-0.3, -0.25) is 4.21 Å². The second-order valence-corrected chi connectivity index (χ2v) is 19.4. The van der Waals surface area contributed by atoms with Crippen LogP contribution < -0.4 is 4.72 Å². The van der Waals surface area contributed by atoms with Crippen LogP contribution in [-0.2, 0) is 75.6 Å². The molecule has 0 radical (unpaired) electrons. The first-order valence-electron chi connectivity index (χ1n) is 29.8. The van der Waals surface area contributed by atoms with E-state index in [0.29, 0.717) is 11.4 Å². The second kappa shape index (κ2) is 46.5. The molecule has 2 N–H and O–H groups in total. The van der Waals surface area contributed by atoms with Crippen LogP contribution in [0.4, 0.5) is 11.4 Å². The molecule has 18 heteroatoms. The predicted molar refractivity (Wildman–Crippen MR) is 384 cm³/mol. The maximum atomic E-state index is 10.4. The Balaban J connectivity index is 0. The third-order valence-corrected chi connectivity index (χ3v) is 12.6. The molecule has 6 heterocycles. The number of benzene rings is 6. The van der Waals surface area contributed by atoms with Crippen molar-refractivity contribution in [3.05, 3.63) is 216 Å². The Morgan fingerprint density at radius 2 is 0.584 bits per heavy atom. The Morgan fingerprint density at radius 3 is 0.809 bits per heavy atom. The Labute approximate surface area is 539 Å². The minimum Gasteiger partial charge on any atom is -0.755 e. The van der Waals surface area contributed by atoms with Crippen molar-refractivity contribution in [1.82, 2.24) is 27.4 Å². The smallest absolute Gasteiger partial charge is 0.335 e. The van der Waals surface area contributed by atoms with E-state index < -0.39 is 33.3 Å². The van der Waals surface area contributed by atoms with Crippen LogP contribution in [0.25, 0.3) is 70.3 Å². The molecule has 482 valence electrons. The largest absolute Gasteiger partial charge is 0.755 e. The molecule has 1 atom stereocenters. The van der Waals surface area contributed by atoms with Crippen LogP contribution in [0.1, 0.15) is 105 Å². The van der Waals surface area contributed by atoms with Gasteiger partial charge in [-0.05, 0) is 170 Å². The molecule has 1 unspecified atom stereocenters. The molecule has 0 bridgehead atoms. The molecule has 0 aliphatic heterocycles. The van der Waals surface area contributed by atoms with Crippen LogP contribution in [0.15, 0.2) is 183 Å². The summed E-state index contributed by atoms with van der Waals surface area (Å²) < 4.78 is 75.1. The zero-order valence-corrected chi connectivity index (χ0v) is 59.1. The summed E-state index contributed by atoms with van der Waals surface area (Å²) in [7, 11) is 9.60. The van der Waals surface area contributed by atoms with Crippen LogP contribution in [0.2, 0.25) is 0 Å². The highest BCUT2D eigenvalue weighted by atomic mass is 32.2. The first-order chi connectivity index (χ1) is 42.7. The number of aryl methyl sites for hydroxylation is 10. The molecule has 12 rings (SSSR count). The van der Waals surface area contributed by atoms with Crippen LogP contribution in [-0.4, -0.2) is 53.0 Å². The van der Waals surface area contributed by atoms with E-state index in [1.54, 1.807) is 12.1 Å². The first-order valence-corrected chi connectivity index (χ1v) is 32.7. The van der Waals surface area contributed by atoms with E-state index >= 15 is 0 Å². The van der Waals surface area contributed by atoms with Crippen molar-refractivity contribution in [2.45, 2.75) is 111 Å². The van der Waals surface area contributed by atoms with E-state index in [4.69, 9.17) is 28.2 Å². The lowest BCUT2D eigenvalue weighted by Crippen LogP contribution is -2.01. The van der Waals surface area contributed by atoms with Gasteiger partial charge in [0.2, 0.25) is 0 Å². The van der Waals surface area contributed by atoms with Crippen molar-refractivity contribution in [3.63, 3.8) is 0 Å². The molecule has 0 aliphatic carbocycles. The number of nitrogens with zero attached hydrogens (tertiary/aromatic N) is 7. The minimum absolute atomic E-state index is 0.581. The number of hydrogen-bond donors (Lipinski definition) is 2. The third kappa shape index (κ3) is 28.4. The van der Waals surface area contributed by atoms with E-state index in [9.17, 15) is 8.76 Å². The van der Waals surface area contributed by atoms with Gasteiger partial charge >= 0.3 is 22.1 Å². The molecule has 0 saturated heterocycles. The van der Waals surface area contributed by atoms with Crippen molar-refractivity contribution in [1.29, 1.82) is 4.78 Å². The van der Waals surface area contributed by atoms with Gasteiger partial charge in [-0.1, -0.05) is 136 Å². The van der Waals surface area contributed by atoms with Gasteiger partial charge in [0.1, 0.15) is 0 Å². The fourth-order valence-corrected chi connectivity index (χ4v) is 8.70. The average Bonchev–Trinajstić information content (AvgIpc) is 2.52. The molecule has 0 spiro atoms. The normalized spacial score (nSPS) is 9.51. The molecule has 89 heavy (non-hydrogen) atoms. The van der Waals surface area contributed by atoms with E-state index in [-0.39, 0.29) is 0 Å². The van der Waals surface area contributed by atoms with E-state index in [1.165, 1.54) is 71.4 Å². The summed E-state index contributed by atoms with van der Waals surface area (Å²) in [5, 5.41) is 7.45. The molecular weight excluding hydrogens is 1170 g/mol. The third-order valence-electron chi connectivity index (χ3n) is 12.2. The molecular formula is C71H98N9O6S3-. The maximum absolute atomic E-state index is 10.4. The van der Waals surface area contributed by atoms with Gasteiger partial charge in [0.05, 0.1) is 6.57 Å². The summed E-state index contributed by atoms with van der Waals surface area (Å²) in [6.07, 6.45) is 12.3. The Morgan fingerprint density at radius 1 is 0.382 bits per heavy atom. The van der Waals surface area contributed by atoms with Crippen molar-refractivity contribution in [2.24, 2.45) is 42.3 Å². The average molecular weight is 1270 g/mol. The fraction of sp³-hybridized carbons (Fsp3) is 0.310. The topological polar surface area (TPSA) is 178 Å².